The number of benzene rings is 2. The molecule has 10 heteroatoms. The number of nitrogens with zero attached hydrogens (tertiary/aromatic N) is 2. The predicted molar refractivity (Wildman–Crippen MR) is 105 cm³/mol. The number of oxime groups is 1. The molecule has 0 saturated carbocycles. The first kappa shape index (κ1) is 22.4. The standard InChI is InChI=1S/C21H19F4N3O3/c22-16-4-6-17(7-5-16)26-20(30)31-27-18-8-10-28(11-9-18)19(13-29)14-2-1-3-15(12-14)21(23,24)25/h1-7,12-13,19H,8-11H2,(H,26,30). The molecule has 1 unspecified atom stereocenters. The van der Waals surface area contributed by atoms with E-state index in [9.17, 15) is 27.2 Å². The molecule has 0 radical (unpaired) electrons. The van der Waals surface area contributed by atoms with Crippen LogP contribution >= 0.6 is 0 Å². The Hall–Kier alpha value is -3.27. The maximum absolute atomic E-state index is 13.0. The van der Waals surface area contributed by atoms with E-state index in [0.29, 0.717) is 43.6 Å². The number of carbonyl (C=O) groups excluding carboxylic acids is 2. The van der Waals surface area contributed by atoms with Crippen LogP contribution in [0.3, 0.4) is 0 Å². The summed E-state index contributed by atoms with van der Waals surface area (Å²) in [6, 6.07) is 9.00. The number of alkyl halides is 3. The summed E-state index contributed by atoms with van der Waals surface area (Å²) in [5.74, 6) is -0.440. The summed E-state index contributed by atoms with van der Waals surface area (Å²) in [5, 5.41) is 6.20. The number of carbonyl (C=O) groups is 2. The lowest BCUT2D eigenvalue weighted by molar-refractivity contribution is -0.137. The van der Waals surface area contributed by atoms with Crippen LogP contribution in [-0.2, 0) is 15.8 Å². The molecule has 0 spiro atoms. The van der Waals surface area contributed by atoms with Crippen LogP contribution in [0.25, 0.3) is 0 Å². The van der Waals surface area contributed by atoms with Crippen molar-refractivity contribution in [1.82, 2.24) is 4.90 Å². The zero-order valence-electron chi connectivity index (χ0n) is 16.2. The fourth-order valence-corrected chi connectivity index (χ4v) is 3.21. The Kier molecular flexibility index (Phi) is 7.01. The fourth-order valence-electron chi connectivity index (χ4n) is 3.21. The number of likely N-dealkylation sites (tertiary alicyclic amines) is 1. The highest BCUT2D eigenvalue weighted by molar-refractivity contribution is 5.88. The normalized spacial score (nSPS) is 15.8. The van der Waals surface area contributed by atoms with Crippen LogP contribution in [0, 0.1) is 5.82 Å². The molecule has 0 aliphatic carbocycles. The molecular formula is C21H19F4N3O3. The fraction of sp³-hybridized carbons (Fsp3) is 0.286. The summed E-state index contributed by atoms with van der Waals surface area (Å²) < 4.78 is 51.7. The van der Waals surface area contributed by atoms with Crippen molar-refractivity contribution >= 4 is 23.8 Å². The van der Waals surface area contributed by atoms with E-state index in [1.54, 1.807) is 4.90 Å². The van der Waals surface area contributed by atoms with Crippen LogP contribution in [0.5, 0.6) is 0 Å². The Labute approximate surface area is 175 Å². The van der Waals surface area contributed by atoms with Gasteiger partial charge >= 0.3 is 12.3 Å². The molecule has 0 bridgehead atoms. The minimum atomic E-state index is -4.49. The summed E-state index contributed by atoms with van der Waals surface area (Å²) in [7, 11) is 0. The number of aldehydes is 1. The summed E-state index contributed by atoms with van der Waals surface area (Å²) in [6.45, 7) is 0.725. The maximum Gasteiger partial charge on any atom is 0.437 e. The molecule has 1 saturated heterocycles. The van der Waals surface area contributed by atoms with E-state index in [1.165, 1.54) is 36.4 Å². The Morgan fingerprint density at radius 1 is 1.13 bits per heavy atom. The molecule has 1 aliphatic heterocycles. The van der Waals surface area contributed by atoms with Crippen molar-refractivity contribution in [2.45, 2.75) is 25.1 Å². The second kappa shape index (κ2) is 9.69. The Bertz CT molecular complexity index is 951. The molecule has 6 nitrogen and oxygen atoms in total. The Morgan fingerprint density at radius 2 is 1.81 bits per heavy atom. The number of rotatable bonds is 5. The minimum absolute atomic E-state index is 0.264. The van der Waals surface area contributed by atoms with Gasteiger partial charge in [-0.05, 0) is 42.0 Å². The molecular weight excluding hydrogens is 418 g/mol. The van der Waals surface area contributed by atoms with Gasteiger partial charge in [0.15, 0.2) is 0 Å². The van der Waals surface area contributed by atoms with Gasteiger partial charge in [-0.3, -0.25) is 15.1 Å². The maximum atomic E-state index is 13.0. The molecule has 1 heterocycles. The van der Waals surface area contributed by atoms with Gasteiger partial charge in [0, 0.05) is 31.6 Å². The number of piperidine rings is 1. The summed E-state index contributed by atoms with van der Waals surface area (Å²) >= 11 is 0. The predicted octanol–water partition coefficient (Wildman–Crippen LogP) is 4.79. The average Bonchev–Trinajstić information content (AvgIpc) is 2.75. The smallest absolute Gasteiger partial charge is 0.301 e. The van der Waals surface area contributed by atoms with Crippen molar-refractivity contribution in [3.05, 3.63) is 65.5 Å². The first-order chi connectivity index (χ1) is 14.8. The third kappa shape index (κ3) is 6.11. The zero-order valence-corrected chi connectivity index (χ0v) is 16.2. The molecule has 164 valence electrons. The first-order valence-electron chi connectivity index (χ1n) is 9.42. The summed E-state index contributed by atoms with van der Waals surface area (Å²) in [6.07, 6.45) is -3.95. The van der Waals surface area contributed by atoms with Gasteiger partial charge < -0.3 is 4.79 Å². The highest BCUT2D eigenvalue weighted by atomic mass is 19.4. The van der Waals surface area contributed by atoms with Gasteiger partial charge in [-0.2, -0.15) is 13.2 Å². The number of halogens is 4. The second-order valence-corrected chi connectivity index (χ2v) is 6.91. The van der Waals surface area contributed by atoms with Gasteiger partial charge in [0.25, 0.3) is 0 Å². The van der Waals surface area contributed by atoms with E-state index in [4.69, 9.17) is 4.84 Å². The quantitative estimate of drug-likeness (QED) is 0.316. The third-order valence-electron chi connectivity index (χ3n) is 4.80. The largest absolute Gasteiger partial charge is 0.437 e. The van der Waals surface area contributed by atoms with Crippen LogP contribution in [-0.4, -0.2) is 36.1 Å². The SMILES string of the molecule is O=CC(c1cccc(C(F)(F)F)c1)N1CCC(=NOC(=O)Nc2ccc(F)cc2)CC1. The van der Waals surface area contributed by atoms with E-state index in [-0.39, 0.29) is 5.56 Å². The van der Waals surface area contributed by atoms with E-state index in [2.05, 4.69) is 10.5 Å². The monoisotopic (exact) mass is 437 g/mol. The molecule has 1 atom stereocenters. The number of hydrogen-bond acceptors (Lipinski definition) is 5. The van der Waals surface area contributed by atoms with Crippen molar-refractivity contribution in [2.24, 2.45) is 5.16 Å². The van der Waals surface area contributed by atoms with Crippen molar-refractivity contribution < 1.29 is 32.0 Å². The zero-order chi connectivity index (χ0) is 22.4. The summed E-state index contributed by atoms with van der Waals surface area (Å²) in [4.78, 5) is 29.9. The number of hydrogen-bond donors (Lipinski definition) is 1. The lowest BCUT2D eigenvalue weighted by Crippen LogP contribution is -2.38. The van der Waals surface area contributed by atoms with Crippen molar-refractivity contribution in [3.63, 3.8) is 0 Å². The molecule has 1 aliphatic rings. The van der Waals surface area contributed by atoms with Crippen LogP contribution in [0.15, 0.2) is 53.7 Å². The molecule has 31 heavy (non-hydrogen) atoms. The van der Waals surface area contributed by atoms with Crippen LogP contribution < -0.4 is 5.32 Å². The van der Waals surface area contributed by atoms with E-state index < -0.39 is 29.7 Å². The Morgan fingerprint density at radius 3 is 2.42 bits per heavy atom. The molecule has 1 N–H and O–H groups in total. The van der Waals surface area contributed by atoms with Gasteiger partial charge in [-0.1, -0.05) is 17.3 Å². The lowest BCUT2D eigenvalue weighted by Gasteiger charge is -2.32. The minimum Gasteiger partial charge on any atom is -0.301 e. The highest BCUT2D eigenvalue weighted by Gasteiger charge is 2.32. The first-order valence-corrected chi connectivity index (χ1v) is 9.42. The average molecular weight is 437 g/mol. The molecule has 2 aromatic carbocycles. The van der Waals surface area contributed by atoms with Gasteiger partial charge in [-0.15, -0.1) is 0 Å². The van der Waals surface area contributed by atoms with Crippen molar-refractivity contribution in [3.8, 4) is 0 Å². The van der Waals surface area contributed by atoms with Gasteiger partial charge in [-0.25, -0.2) is 9.18 Å². The Balaban J connectivity index is 1.56. The van der Waals surface area contributed by atoms with Gasteiger partial charge in [0.1, 0.15) is 12.1 Å². The topological polar surface area (TPSA) is 71.0 Å². The highest BCUT2D eigenvalue weighted by Crippen LogP contribution is 2.32. The number of anilines is 1. The third-order valence-corrected chi connectivity index (χ3v) is 4.80. The molecule has 2 aromatic rings. The number of nitrogens with one attached hydrogen (secondary N) is 1. The van der Waals surface area contributed by atoms with E-state index in [0.717, 1.165) is 12.1 Å². The molecule has 1 fully saturated rings. The molecule has 1 amide bonds. The van der Waals surface area contributed by atoms with E-state index in [1.807, 2.05) is 0 Å². The van der Waals surface area contributed by atoms with E-state index >= 15 is 0 Å². The lowest BCUT2D eigenvalue weighted by atomic mass is 10.00. The number of amides is 1. The van der Waals surface area contributed by atoms with Crippen LogP contribution in [0.2, 0.25) is 0 Å². The van der Waals surface area contributed by atoms with Crippen molar-refractivity contribution in [2.75, 3.05) is 18.4 Å². The second-order valence-electron chi connectivity index (χ2n) is 6.91. The van der Waals surface area contributed by atoms with Gasteiger partial charge in [0.05, 0.1) is 17.3 Å². The van der Waals surface area contributed by atoms with Crippen LogP contribution in [0.4, 0.5) is 28.0 Å². The van der Waals surface area contributed by atoms with Crippen LogP contribution in [0.1, 0.15) is 30.0 Å². The summed E-state index contributed by atoms with van der Waals surface area (Å²) in [5.41, 5.74) is 0.382. The van der Waals surface area contributed by atoms with Crippen molar-refractivity contribution in [1.29, 1.82) is 0 Å². The molecule has 0 aromatic heterocycles. The molecule has 3 rings (SSSR count). The van der Waals surface area contributed by atoms with Gasteiger partial charge in [0.2, 0.25) is 0 Å².